The van der Waals surface area contributed by atoms with E-state index in [4.69, 9.17) is 0 Å². The summed E-state index contributed by atoms with van der Waals surface area (Å²) in [7, 11) is 0. The Hall–Kier alpha value is -3.30. The number of nitrogens with one attached hydrogen (secondary N) is 2. The smallest absolute Gasteiger partial charge is 0.262 e. The van der Waals surface area contributed by atoms with Crippen LogP contribution >= 0.6 is 0 Å². The van der Waals surface area contributed by atoms with E-state index >= 15 is 0 Å². The largest absolute Gasteiger partial charge is 0.348 e. The van der Waals surface area contributed by atoms with Crippen molar-refractivity contribution in [2.75, 3.05) is 19.6 Å². The number of aromatic nitrogens is 1. The lowest BCUT2D eigenvalue weighted by Gasteiger charge is -2.45. The van der Waals surface area contributed by atoms with Crippen LogP contribution in [0.25, 0.3) is 0 Å². The first-order valence-corrected chi connectivity index (χ1v) is 11.4. The highest BCUT2D eigenvalue weighted by Crippen LogP contribution is 2.39. The van der Waals surface area contributed by atoms with Gasteiger partial charge in [0.25, 0.3) is 11.8 Å². The lowest BCUT2D eigenvalue weighted by atomic mass is 9.89. The Kier molecular flexibility index (Phi) is 4.53. The van der Waals surface area contributed by atoms with Gasteiger partial charge < -0.3 is 9.88 Å². The number of carbonyl (C=O) groups is 4. The van der Waals surface area contributed by atoms with Gasteiger partial charge in [-0.25, -0.2) is 0 Å². The van der Waals surface area contributed by atoms with Crippen molar-refractivity contribution in [2.24, 2.45) is 0 Å². The molecule has 5 heterocycles. The molecule has 2 aromatic rings. The van der Waals surface area contributed by atoms with Gasteiger partial charge in [-0.15, -0.1) is 0 Å². The molecule has 1 aromatic carbocycles. The normalized spacial score (nSPS) is 27.3. The summed E-state index contributed by atoms with van der Waals surface area (Å²) in [4.78, 5) is 53.4. The number of imide groups is 2. The van der Waals surface area contributed by atoms with Crippen molar-refractivity contribution in [1.29, 1.82) is 0 Å². The van der Waals surface area contributed by atoms with Gasteiger partial charge in [0.1, 0.15) is 6.04 Å². The quantitative estimate of drug-likeness (QED) is 0.668. The second-order valence-electron chi connectivity index (χ2n) is 9.29. The van der Waals surface area contributed by atoms with Crippen LogP contribution in [0, 0.1) is 0 Å². The van der Waals surface area contributed by atoms with Crippen LogP contribution in [0.5, 0.6) is 0 Å². The lowest BCUT2D eigenvalue weighted by Crippen LogP contribution is -2.54. The minimum absolute atomic E-state index is 0.0840. The van der Waals surface area contributed by atoms with E-state index in [1.54, 1.807) is 12.1 Å². The zero-order valence-corrected chi connectivity index (χ0v) is 18.2. The van der Waals surface area contributed by atoms with Crippen LogP contribution in [-0.4, -0.2) is 63.7 Å². The fourth-order valence-corrected chi connectivity index (χ4v) is 5.87. The summed E-state index contributed by atoms with van der Waals surface area (Å²) >= 11 is 0. The molecule has 1 aromatic heterocycles. The fraction of sp³-hybridized carbons (Fsp3) is 0.417. The predicted octanol–water partition coefficient (Wildman–Crippen LogP) is 0.594. The molecule has 1 spiro atoms. The summed E-state index contributed by atoms with van der Waals surface area (Å²) in [6.45, 7) is 4.31. The number of benzene rings is 1. The first-order valence-electron chi connectivity index (χ1n) is 11.4. The maximum atomic E-state index is 13.2. The van der Waals surface area contributed by atoms with Crippen LogP contribution < -0.4 is 10.6 Å². The van der Waals surface area contributed by atoms with Crippen LogP contribution in [0.3, 0.4) is 0 Å². The first kappa shape index (κ1) is 20.3. The molecular weight excluding hydrogens is 422 g/mol. The zero-order chi connectivity index (χ0) is 22.7. The Bertz CT molecular complexity index is 1200. The SMILES string of the molecule is O=C1CCC(N2C(=O)c3ccc(CN4CCn5cccc5C45CCNC5)cc3C2=O)C(=O)N1. The highest BCUT2D eigenvalue weighted by atomic mass is 16.2. The van der Waals surface area contributed by atoms with E-state index in [0.717, 1.165) is 43.1 Å². The van der Waals surface area contributed by atoms with Crippen LogP contribution in [0.1, 0.15) is 51.2 Å². The Morgan fingerprint density at radius 1 is 1.03 bits per heavy atom. The van der Waals surface area contributed by atoms with Gasteiger partial charge in [-0.2, -0.15) is 0 Å². The molecule has 2 saturated heterocycles. The number of fused-ring (bicyclic) bond motifs is 3. The molecule has 2 atom stereocenters. The molecule has 0 aliphatic carbocycles. The predicted molar refractivity (Wildman–Crippen MR) is 117 cm³/mol. The third-order valence-corrected chi connectivity index (χ3v) is 7.53. The molecule has 4 amide bonds. The molecule has 0 saturated carbocycles. The molecule has 0 bridgehead atoms. The number of rotatable bonds is 3. The van der Waals surface area contributed by atoms with E-state index in [-0.39, 0.29) is 24.3 Å². The Labute approximate surface area is 190 Å². The molecule has 0 radical (unpaired) electrons. The van der Waals surface area contributed by atoms with Crippen molar-refractivity contribution in [2.45, 2.75) is 43.9 Å². The molecule has 2 unspecified atom stereocenters. The zero-order valence-electron chi connectivity index (χ0n) is 18.2. The molecule has 4 aliphatic rings. The van der Waals surface area contributed by atoms with Crippen molar-refractivity contribution in [3.63, 3.8) is 0 Å². The van der Waals surface area contributed by atoms with Gasteiger partial charge in [-0.1, -0.05) is 6.07 Å². The maximum Gasteiger partial charge on any atom is 0.262 e. The van der Waals surface area contributed by atoms with Crippen LogP contribution in [-0.2, 0) is 28.2 Å². The third-order valence-electron chi connectivity index (χ3n) is 7.53. The third kappa shape index (κ3) is 2.99. The van der Waals surface area contributed by atoms with Crippen molar-refractivity contribution in [3.05, 3.63) is 58.9 Å². The Balaban J connectivity index is 1.28. The van der Waals surface area contributed by atoms with Gasteiger partial charge in [-0.3, -0.25) is 34.3 Å². The topological polar surface area (TPSA) is 104 Å². The summed E-state index contributed by atoms with van der Waals surface area (Å²) in [5.41, 5.74) is 2.85. The molecule has 2 N–H and O–H groups in total. The minimum atomic E-state index is -0.943. The molecule has 9 nitrogen and oxygen atoms in total. The second-order valence-corrected chi connectivity index (χ2v) is 9.29. The van der Waals surface area contributed by atoms with E-state index in [9.17, 15) is 19.2 Å². The van der Waals surface area contributed by atoms with Crippen LogP contribution in [0.2, 0.25) is 0 Å². The van der Waals surface area contributed by atoms with Gasteiger partial charge in [0.15, 0.2) is 0 Å². The highest BCUT2D eigenvalue weighted by Gasteiger charge is 2.46. The Morgan fingerprint density at radius 2 is 1.88 bits per heavy atom. The second kappa shape index (κ2) is 7.36. The van der Waals surface area contributed by atoms with E-state index in [0.29, 0.717) is 17.7 Å². The van der Waals surface area contributed by atoms with E-state index in [1.165, 1.54) is 5.69 Å². The van der Waals surface area contributed by atoms with Crippen LogP contribution in [0.15, 0.2) is 36.5 Å². The standard InChI is InChI=1S/C24H25N5O4/c30-20-6-5-18(21(31)26-20)29-22(32)16-4-3-15(12-17(16)23(29)33)13-28-11-10-27-9-1-2-19(27)24(28)7-8-25-14-24/h1-4,9,12,18,25H,5-8,10-11,13-14H2,(H,26,30,31). The fourth-order valence-electron chi connectivity index (χ4n) is 5.87. The molecule has 2 fully saturated rings. The average molecular weight is 447 g/mol. The van der Waals surface area contributed by atoms with Gasteiger partial charge in [0.2, 0.25) is 11.8 Å². The number of amides is 4. The molecule has 9 heteroatoms. The van der Waals surface area contributed by atoms with Gasteiger partial charge in [0, 0.05) is 44.5 Å². The van der Waals surface area contributed by atoms with E-state index < -0.39 is 23.8 Å². The van der Waals surface area contributed by atoms with Gasteiger partial charge in [0.05, 0.1) is 16.7 Å². The Morgan fingerprint density at radius 3 is 2.67 bits per heavy atom. The molecule has 4 aliphatic heterocycles. The van der Waals surface area contributed by atoms with Crippen molar-refractivity contribution < 1.29 is 19.2 Å². The average Bonchev–Trinajstić information content (AvgIpc) is 3.52. The summed E-state index contributed by atoms with van der Waals surface area (Å²) in [6, 6.07) is 8.75. The number of hydrogen-bond donors (Lipinski definition) is 2. The van der Waals surface area contributed by atoms with Crippen molar-refractivity contribution in [1.82, 2.24) is 25.0 Å². The van der Waals surface area contributed by atoms with E-state index in [2.05, 4.69) is 38.4 Å². The number of hydrogen-bond acceptors (Lipinski definition) is 6. The first-order chi connectivity index (χ1) is 16.0. The molecule has 6 rings (SSSR count). The maximum absolute atomic E-state index is 13.2. The molecule has 170 valence electrons. The molecule has 33 heavy (non-hydrogen) atoms. The lowest BCUT2D eigenvalue weighted by molar-refractivity contribution is -0.136. The minimum Gasteiger partial charge on any atom is -0.348 e. The van der Waals surface area contributed by atoms with Gasteiger partial charge in [-0.05, 0) is 49.2 Å². The number of nitrogens with zero attached hydrogens (tertiary/aromatic N) is 3. The highest BCUT2D eigenvalue weighted by molar-refractivity contribution is 6.23. The summed E-state index contributed by atoms with van der Waals surface area (Å²) in [6.07, 6.45) is 3.42. The summed E-state index contributed by atoms with van der Waals surface area (Å²) in [5, 5.41) is 5.75. The van der Waals surface area contributed by atoms with Crippen molar-refractivity contribution in [3.8, 4) is 0 Å². The number of piperidine rings is 1. The molecular formula is C24H25N5O4. The van der Waals surface area contributed by atoms with E-state index in [1.807, 2.05) is 6.07 Å². The van der Waals surface area contributed by atoms with Crippen LogP contribution in [0.4, 0.5) is 0 Å². The summed E-state index contributed by atoms with van der Waals surface area (Å²) < 4.78 is 2.33. The summed E-state index contributed by atoms with van der Waals surface area (Å²) in [5.74, 6) is -1.90. The number of carbonyl (C=O) groups excluding carboxylic acids is 4. The monoisotopic (exact) mass is 447 g/mol. The van der Waals surface area contributed by atoms with Crippen molar-refractivity contribution >= 4 is 23.6 Å². The van der Waals surface area contributed by atoms with Gasteiger partial charge >= 0.3 is 0 Å².